The number of nitrogens with zero attached hydrogens (tertiary/aromatic N) is 3. The molecule has 0 atom stereocenters. The second kappa shape index (κ2) is 5.88. The van der Waals surface area contributed by atoms with Crippen molar-refractivity contribution in [2.45, 2.75) is 18.7 Å². The summed E-state index contributed by atoms with van der Waals surface area (Å²) in [5.74, 6) is -0.343. The topological polar surface area (TPSA) is 103 Å². The smallest absolute Gasteiger partial charge is 0.229 e. The second-order valence-corrected chi connectivity index (χ2v) is 5.87. The Morgan fingerprint density at radius 3 is 2.43 bits per heavy atom. The van der Waals surface area contributed by atoms with Crippen molar-refractivity contribution in [2.75, 3.05) is 5.32 Å². The lowest BCUT2D eigenvalue weighted by atomic mass is 10.3. The number of hydrogen-bond acceptors (Lipinski definition) is 5. The zero-order valence-corrected chi connectivity index (χ0v) is 12.3. The minimum atomic E-state index is -3.89. The Morgan fingerprint density at radius 2 is 1.86 bits per heavy atom. The van der Waals surface area contributed by atoms with Crippen LogP contribution in [-0.4, -0.2) is 24.3 Å². The van der Waals surface area contributed by atoms with Crippen LogP contribution in [0, 0.1) is 6.92 Å². The quantitative estimate of drug-likeness (QED) is 0.932. The third-order valence-electron chi connectivity index (χ3n) is 2.46. The first kappa shape index (κ1) is 14.9. The van der Waals surface area contributed by atoms with Crippen molar-refractivity contribution in [1.29, 1.82) is 0 Å². The lowest BCUT2D eigenvalue weighted by molar-refractivity contribution is -0.114. The SMILES string of the molecule is CC(=O)Nc1ccc(S(=O)(=O)[N-]c2nccc(C)n2)cc1. The fraction of sp³-hybridized carbons (Fsp3) is 0.154. The van der Waals surface area contributed by atoms with E-state index < -0.39 is 10.0 Å². The number of carbonyl (C=O) groups excluding carboxylic acids is 1. The fourth-order valence-corrected chi connectivity index (χ4v) is 2.44. The van der Waals surface area contributed by atoms with Crippen LogP contribution in [0.4, 0.5) is 11.6 Å². The molecule has 1 aromatic heterocycles. The van der Waals surface area contributed by atoms with Gasteiger partial charge in [0.25, 0.3) is 0 Å². The summed E-state index contributed by atoms with van der Waals surface area (Å²) in [7, 11) is -3.89. The maximum atomic E-state index is 12.1. The molecule has 1 amide bonds. The summed E-state index contributed by atoms with van der Waals surface area (Å²) in [5.41, 5.74) is 1.13. The van der Waals surface area contributed by atoms with E-state index in [0.29, 0.717) is 11.4 Å². The molecule has 2 aromatic rings. The van der Waals surface area contributed by atoms with Crippen molar-refractivity contribution in [3.05, 3.63) is 46.9 Å². The molecule has 1 heterocycles. The minimum absolute atomic E-state index is 0.00158. The van der Waals surface area contributed by atoms with Crippen LogP contribution in [0.2, 0.25) is 0 Å². The van der Waals surface area contributed by atoms with Gasteiger partial charge in [-0.05, 0) is 43.1 Å². The fourth-order valence-electron chi connectivity index (χ4n) is 1.55. The molecule has 21 heavy (non-hydrogen) atoms. The van der Waals surface area contributed by atoms with Crippen LogP contribution >= 0.6 is 0 Å². The Balaban J connectivity index is 2.21. The predicted octanol–water partition coefficient (Wildman–Crippen LogP) is 2.14. The first-order chi connectivity index (χ1) is 9.87. The summed E-state index contributed by atoms with van der Waals surface area (Å²) in [6.45, 7) is 3.09. The van der Waals surface area contributed by atoms with Gasteiger partial charge in [-0.1, -0.05) is 6.07 Å². The first-order valence-electron chi connectivity index (χ1n) is 6.02. The molecule has 0 fully saturated rings. The van der Waals surface area contributed by atoms with Crippen LogP contribution in [-0.2, 0) is 14.8 Å². The molecule has 0 spiro atoms. The average Bonchev–Trinajstić information content (AvgIpc) is 2.38. The number of rotatable bonds is 4. The van der Waals surface area contributed by atoms with Gasteiger partial charge in [-0.3, -0.25) is 9.52 Å². The number of carbonyl (C=O) groups is 1. The Hall–Kier alpha value is -2.48. The number of nitrogens with one attached hydrogen (secondary N) is 1. The van der Waals surface area contributed by atoms with Gasteiger partial charge in [0.1, 0.15) is 0 Å². The maximum absolute atomic E-state index is 12.1. The highest BCUT2D eigenvalue weighted by Crippen LogP contribution is 2.25. The van der Waals surface area contributed by atoms with Crippen LogP contribution in [0.15, 0.2) is 41.4 Å². The largest absolute Gasteiger partial charge is 0.366 e. The number of aryl methyl sites for hydroxylation is 1. The van der Waals surface area contributed by atoms with Crippen LogP contribution in [0.1, 0.15) is 12.6 Å². The zero-order chi connectivity index (χ0) is 15.5. The summed E-state index contributed by atoms with van der Waals surface area (Å²) >= 11 is 0. The molecular weight excluding hydrogens is 292 g/mol. The van der Waals surface area contributed by atoms with E-state index in [1.54, 1.807) is 13.0 Å². The van der Waals surface area contributed by atoms with Crippen LogP contribution < -0.4 is 5.32 Å². The van der Waals surface area contributed by atoms with E-state index in [1.807, 2.05) is 0 Å². The molecule has 7 nitrogen and oxygen atoms in total. The van der Waals surface area contributed by atoms with Gasteiger partial charge < -0.3 is 15.3 Å². The van der Waals surface area contributed by atoms with E-state index in [4.69, 9.17) is 0 Å². The molecule has 1 N–H and O–H groups in total. The van der Waals surface area contributed by atoms with Crippen molar-refractivity contribution in [3.63, 3.8) is 0 Å². The van der Waals surface area contributed by atoms with Gasteiger partial charge in [0.15, 0.2) is 0 Å². The van der Waals surface area contributed by atoms with Gasteiger partial charge in [-0.2, -0.15) is 0 Å². The standard InChI is InChI=1S/C13H14N4O3S/c1-9-7-8-14-13(15-9)17-21(19,20)12-5-3-11(4-6-12)16-10(2)18/h3-8H,1-2H3,(H2,14,15,16,17,18)/p-1. The number of hydrogen-bond donors (Lipinski definition) is 1. The maximum Gasteiger partial charge on any atom is 0.229 e. The Bertz CT molecular complexity index is 757. The van der Waals surface area contributed by atoms with Crippen LogP contribution in [0.3, 0.4) is 0 Å². The molecule has 0 bridgehead atoms. The van der Waals surface area contributed by atoms with Gasteiger partial charge in [0.05, 0.1) is 4.90 Å². The van der Waals surface area contributed by atoms with Gasteiger partial charge in [0, 0.05) is 18.6 Å². The number of amides is 1. The van der Waals surface area contributed by atoms with Crippen molar-refractivity contribution < 1.29 is 13.2 Å². The molecule has 2 rings (SSSR count). The second-order valence-electron chi connectivity index (χ2n) is 4.27. The predicted molar refractivity (Wildman–Crippen MR) is 77.7 cm³/mol. The lowest BCUT2D eigenvalue weighted by Gasteiger charge is -2.13. The monoisotopic (exact) mass is 305 g/mol. The summed E-state index contributed by atoms with van der Waals surface area (Å²) in [6.07, 6.45) is 1.44. The molecule has 0 saturated carbocycles. The molecule has 0 radical (unpaired) electrons. The number of benzene rings is 1. The highest BCUT2D eigenvalue weighted by atomic mass is 32.2. The van der Waals surface area contributed by atoms with Crippen molar-refractivity contribution >= 4 is 27.6 Å². The van der Waals surface area contributed by atoms with Gasteiger partial charge in [-0.25, -0.2) is 8.42 Å². The van der Waals surface area contributed by atoms with Crippen LogP contribution in [0.25, 0.3) is 4.72 Å². The molecule has 0 aliphatic heterocycles. The van der Waals surface area contributed by atoms with E-state index in [-0.39, 0.29) is 16.8 Å². The Labute approximate surface area is 122 Å². The summed E-state index contributed by atoms with van der Waals surface area (Å²) in [5, 5.41) is 2.55. The molecule has 0 saturated heterocycles. The summed E-state index contributed by atoms with van der Waals surface area (Å²) in [6, 6.07) is 7.34. The van der Waals surface area contributed by atoms with E-state index in [2.05, 4.69) is 20.0 Å². The number of anilines is 1. The zero-order valence-electron chi connectivity index (χ0n) is 11.4. The normalized spacial score (nSPS) is 11.0. The van der Waals surface area contributed by atoms with Crippen molar-refractivity contribution in [2.24, 2.45) is 0 Å². The highest BCUT2D eigenvalue weighted by Gasteiger charge is 2.11. The number of aromatic nitrogens is 2. The third kappa shape index (κ3) is 3.99. The van der Waals surface area contributed by atoms with Gasteiger partial charge in [0.2, 0.25) is 15.9 Å². The average molecular weight is 305 g/mol. The van der Waals surface area contributed by atoms with Crippen LogP contribution in [0.5, 0.6) is 0 Å². The van der Waals surface area contributed by atoms with Gasteiger partial charge in [-0.15, -0.1) is 0 Å². The Kier molecular flexibility index (Phi) is 4.18. The molecule has 110 valence electrons. The van der Waals surface area contributed by atoms with E-state index in [0.717, 1.165) is 0 Å². The first-order valence-corrected chi connectivity index (χ1v) is 7.46. The third-order valence-corrected chi connectivity index (χ3v) is 3.73. The minimum Gasteiger partial charge on any atom is -0.366 e. The van der Waals surface area contributed by atoms with Gasteiger partial charge >= 0.3 is 0 Å². The summed E-state index contributed by atoms with van der Waals surface area (Å²) in [4.78, 5) is 18.6. The molecular formula is C13H13N4O3S-. The number of sulfonamides is 1. The molecule has 8 heteroatoms. The molecule has 0 aliphatic carbocycles. The Morgan fingerprint density at radius 1 is 1.19 bits per heavy atom. The van der Waals surface area contributed by atoms with Crippen molar-refractivity contribution in [1.82, 2.24) is 9.97 Å². The lowest BCUT2D eigenvalue weighted by Crippen LogP contribution is -2.06. The molecule has 1 aromatic carbocycles. The van der Waals surface area contributed by atoms with Crippen molar-refractivity contribution in [3.8, 4) is 0 Å². The molecule has 0 unspecified atom stereocenters. The highest BCUT2D eigenvalue weighted by molar-refractivity contribution is 7.94. The van der Waals surface area contributed by atoms with E-state index >= 15 is 0 Å². The summed E-state index contributed by atoms with van der Waals surface area (Å²) < 4.78 is 27.8. The van der Waals surface area contributed by atoms with E-state index in [9.17, 15) is 13.2 Å². The van der Waals surface area contributed by atoms with E-state index in [1.165, 1.54) is 37.4 Å². The molecule has 0 aliphatic rings.